The molecule has 0 saturated carbocycles. The molecule has 10 nitrogen and oxygen atoms in total. The van der Waals surface area contributed by atoms with Crippen molar-refractivity contribution in [2.24, 2.45) is 0 Å². The number of carbonyl (C=O) groups excluding carboxylic acids is 1. The summed E-state index contributed by atoms with van der Waals surface area (Å²) in [5, 5.41) is 12.1. The van der Waals surface area contributed by atoms with E-state index < -0.39 is 17.0 Å². The van der Waals surface area contributed by atoms with Crippen LogP contribution in [0.4, 0.5) is 5.82 Å². The van der Waals surface area contributed by atoms with E-state index >= 15 is 0 Å². The maximum absolute atomic E-state index is 13.0. The highest BCUT2D eigenvalue weighted by molar-refractivity contribution is 5.99. The van der Waals surface area contributed by atoms with E-state index in [1.54, 1.807) is 6.92 Å². The lowest BCUT2D eigenvalue weighted by Crippen LogP contribution is -2.44. The van der Waals surface area contributed by atoms with Crippen molar-refractivity contribution < 1.29 is 4.79 Å². The first kappa shape index (κ1) is 20.9. The molecule has 0 bridgehead atoms. The predicted octanol–water partition coefficient (Wildman–Crippen LogP) is 1.20. The minimum absolute atomic E-state index is 0.104. The Hall–Kier alpha value is -4.34. The van der Waals surface area contributed by atoms with Crippen molar-refractivity contribution in [3.63, 3.8) is 0 Å². The van der Waals surface area contributed by atoms with Crippen LogP contribution in [0.3, 0.4) is 0 Å². The summed E-state index contributed by atoms with van der Waals surface area (Å²) in [5.74, 6) is -0.429. The van der Waals surface area contributed by atoms with Crippen LogP contribution in [0.5, 0.6) is 0 Å². The van der Waals surface area contributed by atoms with Crippen molar-refractivity contribution >= 4 is 11.6 Å². The van der Waals surface area contributed by atoms with Gasteiger partial charge in [0.15, 0.2) is 5.78 Å². The second-order valence-electron chi connectivity index (χ2n) is 7.10. The topological polar surface area (TPSA) is 131 Å². The second kappa shape index (κ2) is 8.80. The smallest absolute Gasteiger partial charge is 0.332 e. The van der Waals surface area contributed by atoms with Gasteiger partial charge in [0.05, 0.1) is 6.54 Å². The molecule has 0 saturated heterocycles. The normalized spacial score (nSPS) is 10.9. The summed E-state index contributed by atoms with van der Waals surface area (Å²) in [6.45, 7) is 1.55. The Morgan fingerprint density at radius 2 is 1.62 bits per heavy atom. The predicted molar refractivity (Wildman–Crippen MR) is 118 cm³/mol. The fourth-order valence-corrected chi connectivity index (χ4v) is 3.40. The second-order valence-corrected chi connectivity index (χ2v) is 7.10. The van der Waals surface area contributed by atoms with Gasteiger partial charge in [0.25, 0.3) is 5.56 Å². The van der Waals surface area contributed by atoms with E-state index in [1.165, 1.54) is 4.57 Å². The van der Waals surface area contributed by atoms with Gasteiger partial charge in [-0.2, -0.15) is 4.80 Å². The number of nitrogens with two attached hydrogens (primary N) is 1. The van der Waals surface area contributed by atoms with Crippen molar-refractivity contribution in [3.8, 4) is 11.4 Å². The van der Waals surface area contributed by atoms with Crippen LogP contribution in [-0.2, 0) is 19.6 Å². The standard InChI is InChI=1S/C22H21N7O3/c1-2-27-21(31)18(19(23)28(22(27)32)13-15-9-5-3-6-10-15)17(30)14-29-25-20(24-26-29)16-11-7-4-8-12-16/h3-12H,2,13-14,23H2,1H3. The molecule has 0 unspecified atom stereocenters. The highest BCUT2D eigenvalue weighted by Gasteiger charge is 2.23. The zero-order chi connectivity index (χ0) is 22.7. The number of carbonyl (C=O) groups is 1. The first-order chi connectivity index (χ1) is 15.5. The molecule has 0 radical (unpaired) electrons. The van der Waals surface area contributed by atoms with Crippen molar-refractivity contribution in [2.45, 2.75) is 26.6 Å². The average molecular weight is 431 g/mol. The number of Topliss-reactive ketones (excluding diaryl/α,β-unsaturated/α-hetero) is 1. The van der Waals surface area contributed by atoms with Crippen molar-refractivity contribution in [3.05, 3.63) is 92.6 Å². The fraction of sp³-hybridized carbons (Fsp3) is 0.182. The zero-order valence-corrected chi connectivity index (χ0v) is 17.4. The highest BCUT2D eigenvalue weighted by Crippen LogP contribution is 2.13. The molecule has 0 aliphatic heterocycles. The fourth-order valence-electron chi connectivity index (χ4n) is 3.40. The van der Waals surface area contributed by atoms with Gasteiger partial charge in [-0.05, 0) is 17.7 Å². The lowest BCUT2D eigenvalue weighted by Gasteiger charge is -2.15. The summed E-state index contributed by atoms with van der Waals surface area (Å²) >= 11 is 0. The third-order valence-corrected chi connectivity index (χ3v) is 5.02. The van der Waals surface area contributed by atoms with Gasteiger partial charge < -0.3 is 5.73 Å². The molecule has 4 rings (SSSR count). The zero-order valence-electron chi connectivity index (χ0n) is 17.4. The number of aromatic nitrogens is 6. The first-order valence-electron chi connectivity index (χ1n) is 10.0. The minimum Gasteiger partial charge on any atom is -0.384 e. The maximum atomic E-state index is 13.0. The molecule has 32 heavy (non-hydrogen) atoms. The van der Waals surface area contributed by atoms with Gasteiger partial charge in [0, 0.05) is 12.1 Å². The lowest BCUT2D eigenvalue weighted by atomic mass is 10.1. The lowest BCUT2D eigenvalue weighted by molar-refractivity contribution is 0.0959. The van der Waals surface area contributed by atoms with Crippen LogP contribution >= 0.6 is 0 Å². The molecule has 0 aliphatic rings. The van der Waals surface area contributed by atoms with Gasteiger partial charge in [0.1, 0.15) is 17.9 Å². The van der Waals surface area contributed by atoms with E-state index in [9.17, 15) is 14.4 Å². The van der Waals surface area contributed by atoms with E-state index in [0.29, 0.717) is 5.82 Å². The third-order valence-electron chi connectivity index (χ3n) is 5.02. The van der Waals surface area contributed by atoms with Gasteiger partial charge in [-0.25, -0.2) is 4.79 Å². The van der Waals surface area contributed by atoms with Gasteiger partial charge in [-0.1, -0.05) is 60.7 Å². The molecule has 4 aromatic rings. The molecule has 162 valence electrons. The van der Waals surface area contributed by atoms with Crippen LogP contribution in [0.2, 0.25) is 0 Å². The summed E-state index contributed by atoms with van der Waals surface area (Å²) in [4.78, 5) is 39.9. The maximum Gasteiger partial charge on any atom is 0.332 e. The van der Waals surface area contributed by atoms with Crippen LogP contribution in [0, 0.1) is 0 Å². The number of benzene rings is 2. The average Bonchev–Trinajstić information content (AvgIpc) is 3.27. The number of hydrogen-bond donors (Lipinski definition) is 1. The van der Waals surface area contributed by atoms with Crippen LogP contribution in [0.15, 0.2) is 70.3 Å². The number of nitrogen functional groups attached to an aromatic ring is 1. The van der Waals surface area contributed by atoms with E-state index in [-0.39, 0.29) is 31.0 Å². The Morgan fingerprint density at radius 1 is 0.969 bits per heavy atom. The minimum atomic E-state index is -0.729. The Balaban J connectivity index is 1.70. The van der Waals surface area contributed by atoms with Crippen molar-refractivity contribution in [2.75, 3.05) is 5.73 Å². The molecule has 2 aromatic carbocycles. The number of tetrazole rings is 1. The van der Waals surface area contributed by atoms with Crippen LogP contribution < -0.4 is 17.0 Å². The Morgan fingerprint density at radius 3 is 2.28 bits per heavy atom. The van der Waals surface area contributed by atoms with Gasteiger partial charge >= 0.3 is 5.69 Å². The van der Waals surface area contributed by atoms with Crippen LogP contribution in [-0.4, -0.2) is 35.1 Å². The van der Waals surface area contributed by atoms with Gasteiger partial charge in [-0.15, -0.1) is 10.2 Å². The number of rotatable bonds is 7. The Labute approximate surface area is 182 Å². The van der Waals surface area contributed by atoms with E-state index in [2.05, 4.69) is 15.4 Å². The van der Waals surface area contributed by atoms with E-state index in [1.807, 2.05) is 60.7 Å². The molecule has 2 N–H and O–H groups in total. The summed E-state index contributed by atoms with van der Waals surface area (Å²) in [5.41, 5.74) is 6.17. The number of nitrogens with zero attached hydrogens (tertiary/aromatic N) is 6. The Kier molecular flexibility index (Phi) is 5.75. The van der Waals surface area contributed by atoms with Crippen molar-refractivity contribution in [1.29, 1.82) is 0 Å². The highest BCUT2D eigenvalue weighted by atomic mass is 16.2. The van der Waals surface area contributed by atoms with Gasteiger partial charge in [0.2, 0.25) is 5.82 Å². The monoisotopic (exact) mass is 431 g/mol. The van der Waals surface area contributed by atoms with E-state index in [0.717, 1.165) is 20.5 Å². The molecule has 0 fully saturated rings. The van der Waals surface area contributed by atoms with Crippen LogP contribution in [0.25, 0.3) is 11.4 Å². The first-order valence-corrected chi connectivity index (χ1v) is 10.0. The molecule has 2 aromatic heterocycles. The quantitative estimate of drug-likeness (QED) is 0.435. The number of hydrogen-bond acceptors (Lipinski definition) is 7. The van der Waals surface area contributed by atoms with E-state index in [4.69, 9.17) is 5.73 Å². The largest absolute Gasteiger partial charge is 0.384 e. The number of ketones is 1. The molecular weight excluding hydrogens is 410 g/mol. The number of anilines is 1. The van der Waals surface area contributed by atoms with Crippen molar-refractivity contribution in [1.82, 2.24) is 29.3 Å². The summed E-state index contributed by atoms with van der Waals surface area (Å²) < 4.78 is 2.23. The van der Waals surface area contributed by atoms with Crippen LogP contribution in [0.1, 0.15) is 22.8 Å². The van der Waals surface area contributed by atoms with Gasteiger partial charge in [-0.3, -0.25) is 18.7 Å². The summed E-state index contributed by atoms with van der Waals surface area (Å²) in [7, 11) is 0. The Bertz CT molecular complexity index is 1370. The molecule has 0 spiro atoms. The SMILES string of the molecule is CCn1c(=O)c(C(=O)Cn2nnc(-c3ccccc3)n2)c(N)n(Cc2ccccc2)c1=O. The molecule has 10 heteroatoms. The molecule has 0 aliphatic carbocycles. The third kappa shape index (κ3) is 3.97. The molecule has 2 heterocycles. The molecule has 0 amide bonds. The summed E-state index contributed by atoms with van der Waals surface area (Å²) in [6, 6.07) is 18.4. The molecular formula is C22H21N7O3. The molecule has 0 atom stereocenters. The summed E-state index contributed by atoms with van der Waals surface area (Å²) in [6.07, 6.45) is 0.